The monoisotopic (exact) mass is 759 g/mol. The van der Waals surface area contributed by atoms with E-state index < -0.39 is 26.5 Å². The number of allylic oxidation sites excluding steroid dienone is 16. The Morgan fingerprint density at radius 2 is 1.09 bits per heavy atom. The highest BCUT2D eigenvalue weighted by Gasteiger charge is 2.23. The molecule has 53 heavy (non-hydrogen) atoms. The van der Waals surface area contributed by atoms with Crippen LogP contribution in [0.5, 0.6) is 0 Å². The van der Waals surface area contributed by atoms with Crippen LogP contribution in [-0.2, 0) is 27.9 Å². The van der Waals surface area contributed by atoms with Crippen molar-refractivity contribution < 1.29 is 37.9 Å². The van der Waals surface area contributed by atoms with E-state index in [-0.39, 0.29) is 38.5 Å². The Hall–Kier alpha value is -3.07. The summed E-state index contributed by atoms with van der Waals surface area (Å²) in [4.78, 5) is 33.8. The molecular weight excluding hydrogens is 689 g/mol. The van der Waals surface area contributed by atoms with Crippen molar-refractivity contribution in [2.45, 2.75) is 136 Å². The molecule has 9 nitrogen and oxygen atoms in total. The minimum atomic E-state index is -4.44. The van der Waals surface area contributed by atoms with Crippen molar-refractivity contribution in [3.8, 4) is 0 Å². The zero-order chi connectivity index (χ0) is 38.9. The van der Waals surface area contributed by atoms with Gasteiger partial charge in [0.1, 0.15) is 12.7 Å². The summed E-state index contributed by atoms with van der Waals surface area (Å²) in [6.45, 7) is 3.22. The van der Waals surface area contributed by atoms with Crippen LogP contribution in [0.3, 0.4) is 0 Å². The van der Waals surface area contributed by atoms with Crippen molar-refractivity contribution in [2.75, 3.05) is 26.4 Å². The highest BCUT2D eigenvalue weighted by atomic mass is 31.2. The molecule has 0 aromatic carbocycles. The van der Waals surface area contributed by atoms with Crippen LogP contribution in [0, 0.1) is 0 Å². The van der Waals surface area contributed by atoms with Gasteiger partial charge in [0.25, 0.3) is 0 Å². The van der Waals surface area contributed by atoms with Gasteiger partial charge in [0.15, 0.2) is 0 Å². The van der Waals surface area contributed by atoms with E-state index in [9.17, 15) is 24.2 Å². The van der Waals surface area contributed by atoms with E-state index in [1.54, 1.807) is 0 Å². The van der Waals surface area contributed by atoms with Gasteiger partial charge in [-0.15, -0.1) is 0 Å². The number of aliphatic hydroxyl groups excluding tert-OH is 1. The van der Waals surface area contributed by atoms with E-state index in [2.05, 4.69) is 104 Å². The van der Waals surface area contributed by atoms with Crippen LogP contribution in [0.4, 0.5) is 0 Å². The normalized spacial score (nSPS) is 14.4. The molecule has 0 spiro atoms. The number of amides is 1. The molecule has 0 aliphatic rings. The van der Waals surface area contributed by atoms with Crippen LogP contribution in [0.2, 0.25) is 0 Å². The van der Waals surface area contributed by atoms with Crippen LogP contribution in [0.1, 0.15) is 129 Å². The highest BCUT2D eigenvalue weighted by molar-refractivity contribution is 7.47. The summed E-state index contributed by atoms with van der Waals surface area (Å²) in [5.41, 5.74) is 0. The van der Waals surface area contributed by atoms with Gasteiger partial charge in [-0.3, -0.25) is 18.6 Å². The lowest BCUT2D eigenvalue weighted by Gasteiger charge is -2.15. The fraction of sp³-hybridized carbons (Fsp3) is 0.581. The van der Waals surface area contributed by atoms with Gasteiger partial charge in [-0.05, 0) is 77.0 Å². The molecule has 0 aromatic heterocycles. The van der Waals surface area contributed by atoms with Gasteiger partial charge >= 0.3 is 13.8 Å². The Balaban J connectivity index is 3.78. The molecule has 0 aliphatic carbocycles. The first-order chi connectivity index (χ1) is 25.8. The summed E-state index contributed by atoms with van der Waals surface area (Å²) in [6.07, 6.45) is 49.2. The minimum absolute atomic E-state index is 0.0325. The smallest absolute Gasteiger partial charge is 0.463 e. The number of carbonyl (C=O) groups is 2. The maximum atomic E-state index is 12.1. The molecule has 10 heteroatoms. The predicted molar refractivity (Wildman–Crippen MR) is 219 cm³/mol. The molecule has 3 N–H and O–H groups in total. The Bertz CT molecular complexity index is 1180. The lowest BCUT2D eigenvalue weighted by molar-refractivity contribution is -0.147. The second-order valence-corrected chi connectivity index (χ2v) is 14.0. The van der Waals surface area contributed by atoms with E-state index in [0.29, 0.717) is 12.8 Å². The largest absolute Gasteiger partial charge is 0.472 e. The van der Waals surface area contributed by atoms with Crippen LogP contribution in [0.25, 0.3) is 0 Å². The third-order valence-electron chi connectivity index (χ3n) is 7.49. The second-order valence-electron chi connectivity index (χ2n) is 12.5. The van der Waals surface area contributed by atoms with Gasteiger partial charge in [0.2, 0.25) is 5.91 Å². The number of hydrogen-bond acceptors (Lipinski definition) is 7. The molecule has 0 aromatic rings. The van der Waals surface area contributed by atoms with Crippen molar-refractivity contribution in [1.82, 2.24) is 5.32 Å². The molecule has 0 aliphatic heterocycles. The first-order valence-corrected chi connectivity index (χ1v) is 21.2. The van der Waals surface area contributed by atoms with Crippen LogP contribution in [0.15, 0.2) is 97.2 Å². The first-order valence-electron chi connectivity index (χ1n) is 19.7. The number of carbonyl (C=O) groups excluding carboxylic acids is 2. The Morgan fingerprint density at radius 3 is 1.66 bits per heavy atom. The second kappa shape index (κ2) is 38.6. The van der Waals surface area contributed by atoms with Gasteiger partial charge in [-0.1, -0.05) is 137 Å². The Morgan fingerprint density at radius 1 is 0.604 bits per heavy atom. The molecule has 0 rings (SSSR count). The fourth-order valence-electron chi connectivity index (χ4n) is 4.56. The van der Waals surface area contributed by atoms with E-state index >= 15 is 0 Å². The molecule has 0 fully saturated rings. The number of phosphoric acid groups is 1. The summed E-state index contributed by atoms with van der Waals surface area (Å²) in [6, 6.07) is 0. The average Bonchev–Trinajstić information content (AvgIpc) is 3.14. The Kier molecular flexibility index (Phi) is 36.4. The molecular formula is C43H70NO8P. The van der Waals surface area contributed by atoms with Crippen LogP contribution in [-0.4, -0.2) is 54.3 Å². The van der Waals surface area contributed by atoms with Gasteiger partial charge < -0.3 is 20.1 Å². The van der Waals surface area contributed by atoms with Gasteiger partial charge in [0, 0.05) is 19.4 Å². The SMILES string of the molecule is CC/C=C\C/C=C\C/C=C\C/C=C\C/C=C\C/C=C\CCC(=O)NCCOP(=O)(O)OCC(O)COC(=O)CCCCCCC/C=C\C/C=C\CCC. The van der Waals surface area contributed by atoms with Gasteiger partial charge in [0.05, 0.1) is 13.2 Å². The van der Waals surface area contributed by atoms with Gasteiger partial charge in [-0.25, -0.2) is 4.57 Å². The number of phosphoric ester groups is 1. The first kappa shape index (κ1) is 49.9. The van der Waals surface area contributed by atoms with E-state index in [4.69, 9.17) is 13.8 Å². The summed E-state index contributed by atoms with van der Waals surface area (Å²) in [5.74, 6) is -0.628. The number of hydrogen-bond donors (Lipinski definition) is 3. The van der Waals surface area contributed by atoms with Crippen molar-refractivity contribution in [3.63, 3.8) is 0 Å². The van der Waals surface area contributed by atoms with Crippen LogP contribution < -0.4 is 5.32 Å². The molecule has 0 heterocycles. The number of esters is 1. The van der Waals surface area contributed by atoms with Crippen molar-refractivity contribution >= 4 is 19.7 Å². The summed E-state index contributed by atoms with van der Waals surface area (Å²) in [7, 11) is -4.44. The molecule has 0 saturated heterocycles. The maximum absolute atomic E-state index is 12.1. The number of aliphatic hydroxyl groups is 1. The minimum Gasteiger partial charge on any atom is -0.463 e. The van der Waals surface area contributed by atoms with Gasteiger partial charge in [-0.2, -0.15) is 0 Å². The fourth-order valence-corrected chi connectivity index (χ4v) is 5.31. The summed E-state index contributed by atoms with van der Waals surface area (Å²) >= 11 is 0. The highest BCUT2D eigenvalue weighted by Crippen LogP contribution is 2.42. The predicted octanol–water partition coefficient (Wildman–Crippen LogP) is 10.7. The third-order valence-corrected chi connectivity index (χ3v) is 8.48. The number of unbranched alkanes of at least 4 members (excludes halogenated alkanes) is 6. The maximum Gasteiger partial charge on any atom is 0.472 e. The molecule has 300 valence electrons. The zero-order valence-electron chi connectivity index (χ0n) is 32.7. The summed E-state index contributed by atoms with van der Waals surface area (Å²) in [5, 5.41) is 12.6. The Labute approximate surface area is 321 Å². The van der Waals surface area contributed by atoms with Crippen LogP contribution >= 0.6 is 7.82 Å². The van der Waals surface area contributed by atoms with E-state index in [1.165, 1.54) is 6.42 Å². The third kappa shape index (κ3) is 40.0. The molecule has 0 saturated carbocycles. The lowest BCUT2D eigenvalue weighted by Crippen LogP contribution is -2.27. The number of nitrogens with one attached hydrogen (secondary N) is 1. The number of rotatable bonds is 35. The topological polar surface area (TPSA) is 131 Å². The molecule has 1 amide bonds. The van der Waals surface area contributed by atoms with E-state index in [0.717, 1.165) is 83.5 Å². The molecule has 2 unspecified atom stereocenters. The molecule has 0 bridgehead atoms. The van der Waals surface area contributed by atoms with E-state index in [1.807, 2.05) is 12.2 Å². The van der Waals surface area contributed by atoms with Crippen molar-refractivity contribution in [2.24, 2.45) is 0 Å². The molecule has 0 radical (unpaired) electrons. The van der Waals surface area contributed by atoms with Crippen molar-refractivity contribution in [3.05, 3.63) is 97.2 Å². The number of ether oxygens (including phenoxy) is 1. The quantitative estimate of drug-likeness (QED) is 0.0252. The summed E-state index contributed by atoms with van der Waals surface area (Å²) < 4.78 is 26.7. The standard InChI is InChI=1S/C43H70NO8P/c1-3-5-7-9-11-13-15-17-18-19-20-21-22-24-25-27-29-31-33-35-42(46)44-37-38-51-53(48,49)52-40-41(45)39-50-43(47)36-34-32-30-28-26-23-16-14-12-10-8-6-4-2/h5,7-8,10-11,13-14,16-18,20-21,24-25,29,31,41,45H,3-4,6,9,12,15,19,22-23,26-28,30,32-40H2,1-2H3,(H,44,46)(H,48,49)/b7-5-,10-8-,13-11-,16-14-,18-17-,21-20-,25-24-,31-29-. The zero-order valence-corrected chi connectivity index (χ0v) is 33.6. The molecule has 2 atom stereocenters. The average molecular weight is 760 g/mol. The lowest BCUT2D eigenvalue weighted by atomic mass is 10.1. The van der Waals surface area contributed by atoms with Crippen molar-refractivity contribution in [1.29, 1.82) is 0 Å².